The Balaban J connectivity index is 2.89. The van der Waals surface area contributed by atoms with E-state index in [-0.39, 0.29) is 24.9 Å². The van der Waals surface area contributed by atoms with E-state index in [1.54, 1.807) is 0 Å². The molecule has 0 aliphatic rings. The van der Waals surface area contributed by atoms with E-state index in [1.807, 2.05) is 6.92 Å². The fraction of sp³-hybridized carbons (Fsp3) is 0.500. The quantitative estimate of drug-likeness (QED) is 0.828. The molecule has 90 valence electrons. The lowest BCUT2D eigenvalue weighted by Crippen LogP contribution is -2.35. The molecule has 0 aromatic heterocycles. The normalized spacial score (nSPS) is 14.8. The molecule has 1 aromatic carbocycles. The molecule has 1 unspecified atom stereocenters. The molecule has 1 atom stereocenters. The van der Waals surface area contributed by atoms with Crippen molar-refractivity contribution in [1.82, 2.24) is 0 Å². The maximum atomic E-state index is 14.1. The van der Waals surface area contributed by atoms with E-state index in [0.29, 0.717) is 6.42 Å². The summed E-state index contributed by atoms with van der Waals surface area (Å²) in [6.45, 7) is 1.64. The van der Waals surface area contributed by atoms with E-state index in [0.717, 1.165) is 18.2 Å². The van der Waals surface area contributed by atoms with Crippen molar-refractivity contribution in [1.29, 1.82) is 0 Å². The maximum absolute atomic E-state index is 14.1. The van der Waals surface area contributed by atoms with Gasteiger partial charge in [0.15, 0.2) is 0 Å². The molecule has 0 aliphatic heterocycles. The van der Waals surface area contributed by atoms with Gasteiger partial charge in [-0.05, 0) is 30.2 Å². The third-order valence-corrected chi connectivity index (χ3v) is 2.58. The fourth-order valence-electron chi connectivity index (χ4n) is 1.73. The van der Waals surface area contributed by atoms with Crippen molar-refractivity contribution in [2.75, 3.05) is 6.54 Å². The molecular weight excluding hydrogens is 215 g/mol. The van der Waals surface area contributed by atoms with Crippen LogP contribution in [0.5, 0.6) is 0 Å². The zero-order valence-electron chi connectivity index (χ0n) is 9.27. The van der Waals surface area contributed by atoms with Gasteiger partial charge < -0.3 is 5.73 Å². The molecule has 0 bridgehead atoms. The molecule has 0 amide bonds. The largest absolute Gasteiger partial charge is 0.328 e. The number of nitrogens with two attached hydrogens (primary N) is 1. The Morgan fingerprint density at radius 1 is 1.31 bits per heavy atom. The molecule has 1 aromatic rings. The molecule has 0 heterocycles. The standard InChI is InChI=1S/C12H16F3N/c1-2-5-12(15,8-16)7-9-6-10(13)3-4-11(9)14/h3-4,6H,2,5,7-8,16H2,1H3. The highest BCUT2D eigenvalue weighted by atomic mass is 19.1. The third kappa shape index (κ3) is 3.23. The molecule has 2 N–H and O–H groups in total. The van der Waals surface area contributed by atoms with Gasteiger partial charge in [-0.2, -0.15) is 0 Å². The lowest BCUT2D eigenvalue weighted by atomic mass is 9.91. The van der Waals surface area contributed by atoms with Crippen LogP contribution in [0.2, 0.25) is 0 Å². The zero-order valence-corrected chi connectivity index (χ0v) is 9.27. The number of benzene rings is 1. The molecule has 0 fully saturated rings. The van der Waals surface area contributed by atoms with Crippen LogP contribution >= 0.6 is 0 Å². The number of alkyl halides is 1. The molecule has 0 saturated heterocycles. The molecule has 16 heavy (non-hydrogen) atoms. The second-order valence-corrected chi connectivity index (χ2v) is 4.02. The first-order valence-corrected chi connectivity index (χ1v) is 5.33. The molecule has 0 saturated carbocycles. The minimum atomic E-state index is -1.65. The van der Waals surface area contributed by atoms with Gasteiger partial charge in [-0.25, -0.2) is 13.2 Å². The zero-order chi connectivity index (χ0) is 12.2. The topological polar surface area (TPSA) is 26.0 Å². The van der Waals surface area contributed by atoms with Crippen LogP contribution in [-0.2, 0) is 6.42 Å². The lowest BCUT2D eigenvalue weighted by Gasteiger charge is -2.23. The maximum Gasteiger partial charge on any atom is 0.127 e. The number of hydrogen-bond acceptors (Lipinski definition) is 1. The van der Waals surface area contributed by atoms with Gasteiger partial charge in [0, 0.05) is 13.0 Å². The van der Waals surface area contributed by atoms with E-state index in [2.05, 4.69) is 0 Å². The molecule has 1 nitrogen and oxygen atoms in total. The van der Waals surface area contributed by atoms with Crippen molar-refractivity contribution in [2.45, 2.75) is 31.9 Å². The Morgan fingerprint density at radius 3 is 2.56 bits per heavy atom. The summed E-state index contributed by atoms with van der Waals surface area (Å²) in [5, 5.41) is 0. The number of halogens is 3. The van der Waals surface area contributed by atoms with Crippen LogP contribution in [0.15, 0.2) is 18.2 Å². The van der Waals surface area contributed by atoms with Gasteiger partial charge in [-0.15, -0.1) is 0 Å². The second-order valence-electron chi connectivity index (χ2n) is 4.02. The first-order chi connectivity index (χ1) is 7.50. The van der Waals surface area contributed by atoms with Gasteiger partial charge in [0.2, 0.25) is 0 Å². The minimum absolute atomic E-state index is 0.0430. The predicted molar refractivity (Wildman–Crippen MR) is 57.9 cm³/mol. The predicted octanol–water partition coefficient (Wildman–Crippen LogP) is 2.97. The van der Waals surface area contributed by atoms with Crippen molar-refractivity contribution in [3.05, 3.63) is 35.4 Å². The third-order valence-electron chi connectivity index (χ3n) is 2.58. The van der Waals surface area contributed by atoms with Crippen LogP contribution in [-0.4, -0.2) is 12.2 Å². The first kappa shape index (κ1) is 13.0. The summed E-state index contributed by atoms with van der Waals surface area (Å²) < 4.78 is 40.3. The van der Waals surface area contributed by atoms with Gasteiger partial charge in [-0.1, -0.05) is 13.3 Å². The first-order valence-electron chi connectivity index (χ1n) is 5.33. The Labute approximate surface area is 93.5 Å². The molecule has 1 rings (SSSR count). The highest BCUT2D eigenvalue weighted by Crippen LogP contribution is 2.24. The Morgan fingerprint density at radius 2 is 2.00 bits per heavy atom. The van der Waals surface area contributed by atoms with Crippen molar-refractivity contribution >= 4 is 0 Å². The van der Waals surface area contributed by atoms with Crippen molar-refractivity contribution in [2.24, 2.45) is 5.73 Å². The second kappa shape index (κ2) is 5.34. The minimum Gasteiger partial charge on any atom is -0.328 e. The van der Waals surface area contributed by atoms with Gasteiger partial charge in [-0.3, -0.25) is 0 Å². The van der Waals surface area contributed by atoms with Gasteiger partial charge >= 0.3 is 0 Å². The SMILES string of the molecule is CCCC(F)(CN)Cc1cc(F)ccc1F. The summed E-state index contributed by atoms with van der Waals surface area (Å²) in [5.41, 5.74) is 3.73. The van der Waals surface area contributed by atoms with Crippen LogP contribution in [0.4, 0.5) is 13.2 Å². The van der Waals surface area contributed by atoms with Gasteiger partial charge in [0.25, 0.3) is 0 Å². The number of rotatable bonds is 5. The average Bonchev–Trinajstić information content (AvgIpc) is 2.24. The Hall–Kier alpha value is -1.03. The molecular formula is C12H16F3N. The van der Waals surface area contributed by atoms with Crippen LogP contribution in [0.25, 0.3) is 0 Å². The van der Waals surface area contributed by atoms with E-state index in [4.69, 9.17) is 5.73 Å². The average molecular weight is 231 g/mol. The molecule has 4 heteroatoms. The highest BCUT2D eigenvalue weighted by Gasteiger charge is 2.28. The van der Waals surface area contributed by atoms with Crippen molar-refractivity contribution in [3.63, 3.8) is 0 Å². The Bertz CT molecular complexity index is 354. The molecule has 0 radical (unpaired) electrons. The van der Waals surface area contributed by atoms with E-state index < -0.39 is 17.3 Å². The molecule has 0 spiro atoms. The van der Waals surface area contributed by atoms with Crippen LogP contribution in [0, 0.1) is 11.6 Å². The molecule has 0 aliphatic carbocycles. The van der Waals surface area contributed by atoms with E-state index >= 15 is 0 Å². The Kier molecular flexibility index (Phi) is 4.35. The van der Waals surface area contributed by atoms with Crippen LogP contribution in [0.1, 0.15) is 25.3 Å². The van der Waals surface area contributed by atoms with E-state index in [1.165, 1.54) is 0 Å². The monoisotopic (exact) mass is 231 g/mol. The summed E-state index contributed by atoms with van der Waals surface area (Å²) in [5.74, 6) is -1.15. The lowest BCUT2D eigenvalue weighted by molar-refractivity contribution is 0.157. The smallest absolute Gasteiger partial charge is 0.127 e. The summed E-state index contributed by atoms with van der Waals surface area (Å²) in [6, 6.07) is 3.05. The number of hydrogen-bond donors (Lipinski definition) is 1. The summed E-state index contributed by atoms with van der Waals surface area (Å²) in [6.07, 6.45) is 0.686. The van der Waals surface area contributed by atoms with Crippen LogP contribution < -0.4 is 5.73 Å². The fourth-order valence-corrected chi connectivity index (χ4v) is 1.73. The van der Waals surface area contributed by atoms with Gasteiger partial charge in [0.05, 0.1) is 0 Å². The van der Waals surface area contributed by atoms with Crippen molar-refractivity contribution < 1.29 is 13.2 Å². The van der Waals surface area contributed by atoms with Crippen LogP contribution in [0.3, 0.4) is 0 Å². The summed E-state index contributed by atoms with van der Waals surface area (Å²) in [7, 11) is 0. The van der Waals surface area contributed by atoms with E-state index in [9.17, 15) is 13.2 Å². The van der Waals surface area contributed by atoms with Gasteiger partial charge in [0.1, 0.15) is 17.3 Å². The summed E-state index contributed by atoms with van der Waals surface area (Å²) >= 11 is 0. The summed E-state index contributed by atoms with van der Waals surface area (Å²) in [4.78, 5) is 0. The highest BCUT2D eigenvalue weighted by molar-refractivity contribution is 5.21. The van der Waals surface area contributed by atoms with Crippen molar-refractivity contribution in [3.8, 4) is 0 Å².